The number of nitrogens with zero attached hydrogens (tertiary/aromatic N) is 4. The fourth-order valence-electron chi connectivity index (χ4n) is 2.45. The second kappa shape index (κ2) is 8.19. The minimum absolute atomic E-state index is 0.202. The molecular formula is C18H22N6O2. The van der Waals surface area contributed by atoms with Crippen molar-refractivity contribution in [3.05, 3.63) is 59.2 Å². The van der Waals surface area contributed by atoms with Crippen LogP contribution >= 0.6 is 0 Å². The molecule has 0 saturated heterocycles. The van der Waals surface area contributed by atoms with E-state index in [4.69, 9.17) is 15.2 Å². The Balaban J connectivity index is 1.69. The first-order valence-corrected chi connectivity index (χ1v) is 8.38. The van der Waals surface area contributed by atoms with Gasteiger partial charge >= 0.3 is 0 Å². The van der Waals surface area contributed by atoms with Crippen LogP contribution in [0.3, 0.4) is 0 Å². The smallest absolute Gasteiger partial charge is 0.260 e. The summed E-state index contributed by atoms with van der Waals surface area (Å²) in [4.78, 5) is 1.32. The largest absolute Gasteiger partial charge is 0.490 e. The van der Waals surface area contributed by atoms with E-state index in [1.165, 1.54) is 10.4 Å². The lowest BCUT2D eigenvalue weighted by Gasteiger charge is -2.15. The molecule has 0 aliphatic heterocycles. The van der Waals surface area contributed by atoms with Gasteiger partial charge in [0.1, 0.15) is 6.61 Å². The number of hydrogen-bond donors (Lipinski definition) is 2. The van der Waals surface area contributed by atoms with Crippen molar-refractivity contribution < 1.29 is 9.47 Å². The summed E-state index contributed by atoms with van der Waals surface area (Å²) in [5, 5.41) is 10.9. The molecule has 3 aromatic rings. The van der Waals surface area contributed by atoms with Gasteiger partial charge in [0, 0.05) is 0 Å². The Morgan fingerprint density at radius 2 is 1.96 bits per heavy atom. The Kier molecular flexibility index (Phi) is 5.52. The van der Waals surface area contributed by atoms with E-state index in [1.54, 1.807) is 0 Å². The number of aromatic nitrogens is 4. The summed E-state index contributed by atoms with van der Waals surface area (Å²) in [6, 6.07) is 14.0. The van der Waals surface area contributed by atoms with Crippen LogP contribution in [0.1, 0.15) is 23.6 Å². The molecule has 1 aromatic heterocycles. The van der Waals surface area contributed by atoms with Gasteiger partial charge in [0.15, 0.2) is 11.5 Å². The van der Waals surface area contributed by atoms with E-state index in [0.717, 1.165) is 11.1 Å². The standard InChI is InChI=1S/C18H22N6O2/c1-3-25-17-10-14(11-20-24-18(19)21-22-23-24)8-9-16(17)26-12-15-7-5-4-6-13(15)2/h4-10,20H,3,11-12H2,1-2H3,(H2,19,21,23). The topological polar surface area (TPSA) is 100 Å². The van der Waals surface area contributed by atoms with E-state index in [0.29, 0.717) is 31.3 Å². The van der Waals surface area contributed by atoms with Crippen LogP contribution in [0, 0.1) is 6.92 Å². The van der Waals surface area contributed by atoms with Crippen LogP contribution in [-0.2, 0) is 13.2 Å². The summed E-state index contributed by atoms with van der Waals surface area (Å²) >= 11 is 0. The average molecular weight is 354 g/mol. The molecule has 2 aromatic carbocycles. The summed E-state index contributed by atoms with van der Waals surface area (Å²) in [5.74, 6) is 1.61. The highest BCUT2D eigenvalue weighted by Crippen LogP contribution is 2.29. The van der Waals surface area contributed by atoms with E-state index in [1.807, 2.05) is 37.3 Å². The highest BCUT2D eigenvalue weighted by Gasteiger charge is 2.09. The monoisotopic (exact) mass is 354 g/mol. The molecule has 8 nitrogen and oxygen atoms in total. The van der Waals surface area contributed by atoms with Gasteiger partial charge < -0.3 is 20.6 Å². The molecule has 3 N–H and O–H groups in total. The first-order chi connectivity index (χ1) is 12.7. The zero-order chi connectivity index (χ0) is 18.4. The molecular weight excluding hydrogens is 332 g/mol. The number of hydrogen-bond acceptors (Lipinski definition) is 7. The van der Waals surface area contributed by atoms with Crippen LogP contribution in [0.15, 0.2) is 42.5 Å². The van der Waals surface area contributed by atoms with Crippen LogP contribution in [0.2, 0.25) is 0 Å². The van der Waals surface area contributed by atoms with Gasteiger partial charge in [-0.05, 0) is 53.1 Å². The maximum atomic E-state index is 5.98. The van der Waals surface area contributed by atoms with E-state index in [-0.39, 0.29) is 5.95 Å². The Morgan fingerprint density at radius 3 is 2.69 bits per heavy atom. The second-order valence-electron chi connectivity index (χ2n) is 5.71. The molecule has 0 unspecified atom stereocenters. The summed E-state index contributed by atoms with van der Waals surface area (Å²) in [7, 11) is 0. The van der Waals surface area contributed by atoms with Gasteiger partial charge in [-0.3, -0.25) is 0 Å². The molecule has 136 valence electrons. The molecule has 0 aliphatic carbocycles. The molecule has 0 aliphatic rings. The van der Waals surface area contributed by atoms with Crippen molar-refractivity contribution in [3.63, 3.8) is 0 Å². The molecule has 26 heavy (non-hydrogen) atoms. The number of benzene rings is 2. The molecule has 0 fully saturated rings. The van der Waals surface area contributed by atoms with E-state index < -0.39 is 0 Å². The Hall–Kier alpha value is -3.29. The van der Waals surface area contributed by atoms with E-state index in [2.05, 4.69) is 40.0 Å². The van der Waals surface area contributed by atoms with Crippen LogP contribution in [0.25, 0.3) is 0 Å². The zero-order valence-corrected chi connectivity index (χ0v) is 14.8. The van der Waals surface area contributed by atoms with Crippen LogP contribution < -0.4 is 20.6 Å². The molecule has 8 heteroatoms. The lowest BCUT2D eigenvalue weighted by molar-refractivity contribution is 0.268. The molecule has 1 heterocycles. The van der Waals surface area contributed by atoms with Crippen molar-refractivity contribution in [2.45, 2.75) is 27.0 Å². The number of ether oxygens (including phenoxy) is 2. The maximum absolute atomic E-state index is 5.98. The van der Waals surface area contributed by atoms with Crippen molar-refractivity contribution in [1.82, 2.24) is 20.3 Å². The number of nitrogens with two attached hydrogens (primary N) is 1. The Morgan fingerprint density at radius 1 is 1.12 bits per heavy atom. The van der Waals surface area contributed by atoms with Gasteiger partial charge in [0.05, 0.1) is 13.2 Å². The van der Waals surface area contributed by atoms with Crippen molar-refractivity contribution in [1.29, 1.82) is 0 Å². The third-order valence-corrected chi connectivity index (χ3v) is 3.88. The summed E-state index contributed by atoms with van der Waals surface area (Å²) < 4.78 is 11.7. The van der Waals surface area contributed by atoms with Crippen molar-refractivity contribution >= 4 is 5.95 Å². The summed E-state index contributed by atoms with van der Waals surface area (Å²) in [6.07, 6.45) is 0. The van der Waals surface area contributed by atoms with E-state index in [9.17, 15) is 0 Å². The Labute approximate surface area is 151 Å². The molecule has 3 rings (SSSR count). The normalized spacial score (nSPS) is 10.5. The van der Waals surface area contributed by atoms with Crippen molar-refractivity contribution in [2.24, 2.45) is 0 Å². The van der Waals surface area contributed by atoms with Gasteiger partial charge in [0.25, 0.3) is 5.95 Å². The quantitative estimate of drug-likeness (QED) is 0.640. The van der Waals surface area contributed by atoms with Gasteiger partial charge in [-0.15, -0.1) is 4.79 Å². The number of nitrogen functional groups attached to an aromatic ring is 1. The van der Waals surface area contributed by atoms with E-state index >= 15 is 0 Å². The predicted octanol–water partition coefficient (Wildman–Crippen LogP) is 2.29. The van der Waals surface area contributed by atoms with Crippen molar-refractivity contribution in [3.8, 4) is 11.5 Å². The maximum Gasteiger partial charge on any atom is 0.260 e. The average Bonchev–Trinajstić information content (AvgIpc) is 3.05. The zero-order valence-electron chi connectivity index (χ0n) is 14.8. The fourth-order valence-corrected chi connectivity index (χ4v) is 2.45. The highest BCUT2D eigenvalue weighted by molar-refractivity contribution is 5.43. The molecule has 0 amide bonds. The molecule has 0 atom stereocenters. The van der Waals surface area contributed by atoms with Gasteiger partial charge in [-0.1, -0.05) is 35.4 Å². The number of anilines is 1. The van der Waals surface area contributed by atoms with Crippen molar-refractivity contribution in [2.75, 3.05) is 17.8 Å². The fraction of sp³-hybridized carbons (Fsp3) is 0.278. The SMILES string of the molecule is CCOc1cc(CNn2nnnc2N)ccc1OCc1ccccc1C. The molecule has 0 bridgehead atoms. The number of nitrogens with one attached hydrogen (secondary N) is 1. The summed E-state index contributed by atoms with van der Waals surface area (Å²) in [5.41, 5.74) is 12.0. The first-order valence-electron chi connectivity index (χ1n) is 8.38. The first kappa shape index (κ1) is 17.5. The van der Waals surface area contributed by atoms with Crippen LogP contribution in [0.5, 0.6) is 11.5 Å². The van der Waals surface area contributed by atoms with Crippen LogP contribution in [0.4, 0.5) is 5.95 Å². The lowest BCUT2D eigenvalue weighted by Crippen LogP contribution is -2.18. The lowest BCUT2D eigenvalue weighted by atomic mass is 10.1. The molecule has 0 radical (unpaired) electrons. The Bertz CT molecular complexity index is 864. The number of rotatable bonds is 8. The summed E-state index contributed by atoms with van der Waals surface area (Å²) in [6.45, 7) is 5.55. The number of aryl methyl sites for hydroxylation is 1. The minimum Gasteiger partial charge on any atom is -0.490 e. The van der Waals surface area contributed by atoms with Crippen LogP contribution in [-0.4, -0.2) is 26.9 Å². The second-order valence-corrected chi connectivity index (χ2v) is 5.71. The van der Waals surface area contributed by atoms with Gasteiger partial charge in [-0.25, -0.2) is 0 Å². The van der Waals surface area contributed by atoms with Gasteiger partial charge in [0.2, 0.25) is 0 Å². The highest BCUT2D eigenvalue weighted by atomic mass is 16.5. The number of tetrazole rings is 1. The third kappa shape index (κ3) is 4.21. The predicted molar refractivity (Wildman–Crippen MR) is 98.4 cm³/mol. The molecule has 0 saturated carbocycles. The van der Waals surface area contributed by atoms with Gasteiger partial charge in [-0.2, -0.15) is 0 Å². The molecule has 0 spiro atoms. The third-order valence-electron chi connectivity index (χ3n) is 3.88. The minimum atomic E-state index is 0.202.